The van der Waals surface area contributed by atoms with Crippen LogP contribution in [0.5, 0.6) is 0 Å². The van der Waals surface area contributed by atoms with E-state index in [1.54, 1.807) is 41.5 Å². The Morgan fingerprint density at radius 2 is 1.65 bits per heavy atom. The normalized spacial score (nSPS) is 13.9. The lowest BCUT2D eigenvalue weighted by atomic mass is 10.2. The van der Waals surface area contributed by atoms with E-state index in [4.69, 9.17) is 18.3 Å². The molecule has 7 nitrogen and oxygen atoms in total. The number of rotatable bonds is 8. The lowest BCUT2D eigenvalue weighted by Gasteiger charge is -2.25. The topological polar surface area (TPSA) is 83.1 Å². The summed E-state index contributed by atoms with van der Waals surface area (Å²) in [6.45, 7) is 10.7. The molecule has 1 unspecified atom stereocenters. The molecule has 1 atom stereocenters. The molecular formula is C12H26NO6P. The molecule has 120 valence electrons. The summed E-state index contributed by atoms with van der Waals surface area (Å²) in [5.74, 6) is 0. The number of carbonyl (C=O) groups excluding carboxylic acids is 1. The standard InChI is InChI=1S/C12H26NO6P/c1-7-10(13-11(14)18-12(4,5)6)19-20(15,16-8-2)17-9-3/h10H,7-9H2,1-6H3,(H,13,14). The van der Waals surface area contributed by atoms with Crippen molar-refractivity contribution in [2.45, 2.75) is 59.8 Å². The Morgan fingerprint density at radius 3 is 2.00 bits per heavy atom. The van der Waals surface area contributed by atoms with E-state index in [0.717, 1.165) is 0 Å². The smallest absolute Gasteiger partial charge is 0.444 e. The van der Waals surface area contributed by atoms with E-state index in [-0.39, 0.29) is 13.2 Å². The second-order valence-corrected chi connectivity index (χ2v) is 6.55. The first-order valence-electron chi connectivity index (χ1n) is 6.72. The third kappa shape index (κ3) is 8.53. The summed E-state index contributed by atoms with van der Waals surface area (Å²) in [5, 5.41) is 2.48. The van der Waals surface area contributed by atoms with Crippen LogP contribution in [0.25, 0.3) is 0 Å². The van der Waals surface area contributed by atoms with Crippen molar-refractivity contribution in [3.63, 3.8) is 0 Å². The minimum absolute atomic E-state index is 0.181. The highest BCUT2D eigenvalue weighted by Crippen LogP contribution is 2.50. The Hall–Kier alpha value is -0.620. The number of amides is 1. The molecule has 0 aromatic carbocycles. The van der Waals surface area contributed by atoms with Gasteiger partial charge in [-0.1, -0.05) is 6.92 Å². The quantitative estimate of drug-likeness (QED) is 0.546. The van der Waals surface area contributed by atoms with Crippen LogP contribution in [-0.4, -0.2) is 31.1 Å². The maximum absolute atomic E-state index is 12.2. The molecule has 0 rings (SSSR count). The first-order valence-corrected chi connectivity index (χ1v) is 8.18. The lowest BCUT2D eigenvalue weighted by Crippen LogP contribution is -2.40. The number of alkyl carbamates (subject to hydrolysis) is 1. The van der Waals surface area contributed by atoms with Crippen LogP contribution in [0, 0.1) is 0 Å². The molecule has 0 aliphatic rings. The first-order chi connectivity index (χ1) is 9.15. The molecule has 0 fully saturated rings. The third-order valence-corrected chi connectivity index (χ3v) is 3.54. The molecule has 0 heterocycles. The van der Waals surface area contributed by atoms with Gasteiger partial charge in [-0.3, -0.25) is 18.9 Å². The van der Waals surface area contributed by atoms with E-state index >= 15 is 0 Å². The highest BCUT2D eigenvalue weighted by atomic mass is 31.2. The fraction of sp³-hybridized carbons (Fsp3) is 0.917. The highest BCUT2D eigenvalue weighted by Gasteiger charge is 2.31. The maximum Gasteiger partial charge on any atom is 0.476 e. The van der Waals surface area contributed by atoms with Crippen LogP contribution >= 0.6 is 7.82 Å². The molecule has 1 amide bonds. The number of phosphoric ester groups is 1. The van der Waals surface area contributed by atoms with Gasteiger partial charge < -0.3 is 4.74 Å². The van der Waals surface area contributed by atoms with E-state index in [2.05, 4.69) is 5.32 Å². The zero-order valence-corrected chi connectivity index (χ0v) is 14.0. The summed E-state index contributed by atoms with van der Waals surface area (Å²) in [5.41, 5.74) is -0.619. The Balaban J connectivity index is 4.59. The van der Waals surface area contributed by atoms with Crippen molar-refractivity contribution in [2.75, 3.05) is 13.2 Å². The number of carbonyl (C=O) groups is 1. The molecule has 0 saturated heterocycles. The van der Waals surface area contributed by atoms with Crippen molar-refractivity contribution in [2.24, 2.45) is 0 Å². The Morgan fingerprint density at radius 1 is 1.15 bits per heavy atom. The van der Waals surface area contributed by atoms with Crippen LogP contribution in [0.1, 0.15) is 48.0 Å². The predicted octanol–water partition coefficient (Wildman–Crippen LogP) is 3.44. The minimum Gasteiger partial charge on any atom is -0.444 e. The molecule has 0 aliphatic heterocycles. The number of phosphoric acid groups is 1. The van der Waals surface area contributed by atoms with E-state index in [1.165, 1.54) is 0 Å². The van der Waals surface area contributed by atoms with Crippen LogP contribution in [0.4, 0.5) is 4.79 Å². The van der Waals surface area contributed by atoms with Gasteiger partial charge >= 0.3 is 13.9 Å². The van der Waals surface area contributed by atoms with Crippen LogP contribution in [0.15, 0.2) is 0 Å². The maximum atomic E-state index is 12.2. The first kappa shape index (κ1) is 19.4. The van der Waals surface area contributed by atoms with Gasteiger partial charge in [0, 0.05) is 0 Å². The van der Waals surface area contributed by atoms with Gasteiger partial charge in [-0.2, -0.15) is 0 Å². The molecule has 0 aromatic heterocycles. The SMILES string of the molecule is CCOP(=O)(OCC)OC(CC)NC(=O)OC(C)(C)C. The monoisotopic (exact) mass is 311 g/mol. The van der Waals surface area contributed by atoms with E-state index in [9.17, 15) is 9.36 Å². The van der Waals surface area contributed by atoms with Crippen LogP contribution in [0.3, 0.4) is 0 Å². The van der Waals surface area contributed by atoms with Gasteiger partial charge in [0.1, 0.15) is 11.8 Å². The summed E-state index contributed by atoms with van der Waals surface area (Å²) >= 11 is 0. The fourth-order valence-corrected chi connectivity index (χ4v) is 2.55. The number of ether oxygens (including phenoxy) is 1. The summed E-state index contributed by atoms with van der Waals surface area (Å²) < 4.78 is 32.6. The minimum atomic E-state index is -3.67. The number of hydrogen-bond acceptors (Lipinski definition) is 6. The Bertz CT molecular complexity index is 331. The van der Waals surface area contributed by atoms with Gasteiger partial charge in [0.05, 0.1) is 13.2 Å². The van der Waals surface area contributed by atoms with Crippen LogP contribution in [0.2, 0.25) is 0 Å². The number of nitrogens with one attached hydrogen (secondary N) is 1. The van der Waals surface area contributed by atoms with Crippen molar-refractivity contribution in [1.82, 2.24) is 5.32 Å². The molecule has 0 radical (unpaired) electrons. The van der Waals surface area contributed by atoms with Gasteiger partial charge in [0.2, 0.25) is 0 Å². The Kier molecular flexibility index (Phi) is 8.35. The van der Waals surface area contributed by atoms with Gasteiger partial charge in [0.25, 0.3) is 0 Å². The van der Waals surface area contributed by atoms with Crippen molar-refractivity contribution >= 4 is 13.9 Å². The molecule has 8 heteroatoms. The van der Waals surface area contributed by atoms with Crippen molar-refractivity contribution in [1.29, 1.82) is 0 Å². The van der Waals surface area contributed by atoms with Crippen molar-refractivity contribution in [3.05, 3.63) is 0 Å². The Labute approximate surface area is 120 Å². The van der Waals surface area contributed by atoms with Gasteiger partial charge in [-0.05, 0) is 41.0 Å². The predicted molar refractivity (Wildman–Crippen MR) is 75.4 cm³/mol. The van der Waals surface area contributed by atoms with Crippen LogP contribution in [-0.2, 0) is 22.9 Å². The molecular weight excluding hydrogens is 285 g/mol. The zero-order chi connectivity index (χ0) is 15.8. The summed E-state index contributed by atoms with van der Waals surface area (Å²) in [4.78, 5) is 11.6. The molecule has 1 N–H and O–H groups in total. The molecule has 20 heavy (non-hydrogen) atoms. The van der Waals surface area contributed by atoms with Gasteiger partial charge in [-0.25, -0.2) is 9.36 Å². The van der Waals surface area contributed by atoms with E-state index in [1.807, 2.05) is 0 Å². The van der Waals surface area contributed by atoms with Crippen LogP contribution < -0.4 is 5.32 Å². The lowest BCUT2D eigenvalue weighted by molar-refractivity contribution is 0.0281. The molecule has 0 aromatic rings. The van der Waals surface area contributed by atoms with Gasteiger partial charge in [0.15, 0.2) is 0 Å². The molecule has 0 bridgehead atoms. The average Bonchev–Trinajstić information content (AvgIpc) is 2.25. The van der Waals surface area contributed by atoms with Crippen molar-refractivity contribution in [3.8, 4) is 0 Å². The van der Waals surface area contributed by atoms with Crippen molar-refractivity contribution < 1.29 is 27.7 Å². The fourth-order valence-electron chi connectivity index (χ4n) is 1.21. The average molecular weight is 311 g/mol. The third-order valence-electron chi connectivity index (χ3n) is 1.88. The highest BCUT2D eigenvalue weighted by molar-refractivity contribution is 7.48. The summed E-state index contributed by atoms with van der Waals surface area (Å²) in [7, 11) is -3.67. The second kappa shape index (κ2) is 8.62. The second-order valence-electron chi connectivity index (χ2n) is 4.93. The summed E-state index contributed by atoms with van der Waals surface area (Å²) in [6, 6.07) is 0. The zero-order valence-electron chi connectivity index (χ0n) is 13.1. The summed E-state index contributed by atoms with van der Waals surface area (Å²) in [6.07, 6.45) is -1.07. The van der Waals surface area contributed by atoms with Gasteiger partial charge in [-0.15, -0.1) is 0 Å². The number of hydrogen-bond donors (Lipinski definition) is 1. The largest absolute Gasteiger partial charge is 0.476 e. The molecule has 0 spiro atoms. The molecule has 0 aliphatic carbocycles. The van der Waals surface area contributed by atoms with E-state index in [0.29, 0.717) is 6.42 Å². The molecule has 0 saturated carbocycles. The van der Waals surface area contributed by atoms with E-state index < -0.39 is 25.7 Å².